The maximum absolute atomic E-state index is 12.3. The fourth-order valence-corrected chi connectivity index (χ4v) is 3.77. The summed E-state index contributed by atoms with van der Waals surface area (Å²) in [5, 5.41) is 8.02. The fraction of sp³-hybridized carbons (Fsp3) is 0.533. The largest absolute Gasteiger partial charge is 0.328 e. The van der Waals surface area contributed by atoms with E-state index in [0.717, 1.165) is 19.3 Å². The smallest absolute Gasteiger partial charge is 0.238 e. The Morgan fingerprint density at radius 2 is 2.04 bits per heavy atom. The standard InChI is InChI=1S/C15H23N3O3S.ClH/c1-2-10-6-7-13(9-14(10)22(17,20)21)18-15(19)11-4-3-5-12(16)8-11;/h6-7,9,11-12H,2-5,8,16H2,1H3,(H,18,19)(H2,17,20,21);1H. The summed E-state index contributed by atoms with van der Waals surface area (Å²) in [5.74, 6) is -0.229. The van der Waals surface area contributed by atoms with Gasteiger partial charge in [0, 0.05) is 17.6 Å². The summed E-state index contributed by atoms with van der Waals surface area (Å²) in [6, 6.07) is 4.87. The number of hydrogen-bond donors (Lipinski definition) is 3. The van der Waals surface area contributed by atoms with Gasteiger partial charge in [-0.3, -0.25) is 4.79 Å². The quantitative estimate of drug-likeness (QED) is 0.757. The molecule has 2 unspecified atom stereocenters. The average molecular weight is 362 g/mol. The van der Waals surface area contributed by atoms with Crippen LogP contribution in [0, 0.1) is 5.92 Å². The number of benzene rings is 1. The van der Waals surface area contributed by atoms with Gasteiger partial charge in [-0.05, 0) is 43.4 Å². The molecule has 8 heteroatoms. The normalized spacial score (nSPS) is 21.3. The summed E-state index contributed by atoms with van der Waals surface area (Å²) in [4.78, 5) is 12.3. The number of hydrogen-bond acceptors (Lipinski definition) is 4. The van der Waals surface area contributed by atoms with Crippen molar-refractivity contribution in [2.24, 2.45) is 16.8 Å². The Morgan fingerprint density at radius 3 is 2.61 bits per heavy atom. The van der Waals surface area contributed by atoms with E-state index in [1.165, 1.54) is 6.07 Å². The van der Waals surface area contributed by atoms with Crippen molar-refractivity contribution in [2.45, 2.75) is 50.0 Å². The molecule has 1 amide bonds. The monoisotopic (exact) mass is 361 g/mol. The number of carbonyl (C=O) groups excluding carboxylic acids is 1. The minimum atomic E-state index is -3.81. The van der Waals surface area contributed by atoms with Crippen LogP contribution >= 0.6 is 12.4 Å². The second-order valence-corrected chi connectivity index (χ2v) is 7.36. The fourth-order valence-electron chi connectivity index (χ4n) is 2.90. The highest BCUT2D eigenvalue weighted by Gasteiger charge is 2.25. The molecule has 0 spiro atoms. The van der Waals surface area contributed by atoms with Crippen LogP contribution in [0.1, 0.15) is 38.2 Å². The molecule has 0 aromatic heterocycles. The van der Waals surface area contributed by atoms with Crippen LogP contribution in [0.5, 0.6) is 0 Å². The Hall–Kier alpha value is -1.15. The van der Waals surface area contributed by atoms with Crippen LogP contribution in [-0.2, 0) is 21.2 Å². The van der Waals surface area contributed by atoms with E-state index in [-0.39, 0.29) is 35.2 Å². The third kappa shape index (κ3) is 5.17. The molecular formula is C15H24ClN3O3S. The molecule has 1 aromatic carbocycles. The van der Waals surface area contributed by atoms with Gasteiger partial charge in [0.15, 0.2) is 0 Å². The summed E-state index contributed by atoms with van der Waals surface area (Å²) >= 11 is 0. The third-order valence-corrected chi connectivity index (χ3v) is 5.10. The number of anilines is 1. The van der Waals surface area contributed by atoms with Gasteiger partial charge in [-0.15, -0.1) is 12.4 Å². The summed E-state index contributed by atoms with van der Waals surface area (Å²) in [6.45, 7) is 1.85. The molecule has 5 N–H and O–H groups in total. The lowest BCUT2D eigenvalue weighted by atomic mass is 9.85. The third-order valence-electron chi connectivity index (χ3n) is 4.11. The Morgan fingerprint density at radius 1 is 1.35 bits per heavy atom. The van der Waals surface area contributed by atoms with Gasteiger partial charge in [-0.2, -0.15) is 0 Å². The van der Waals surface area contributed by atoms with E-state index in [4.69, 9.17) is 10.9 Å². The van der Waals surface area contributed by atoms with Crippen LogP contribution in [-0.4, -0.2) is 20.4 Å². The van der Waals surface area contributed by atoms with Gasteiger partial charge >= 0.3 is 0 Å². The Kier molecular flexibility index (Phi) is 7.01. The first-order chi connectivity index (χ1) is 10.3. The Balaban J connectivity index is 0.00000264. The summed E-state index contributed by atoms with van der Waals surface area (Å²) < 4.78 is 23.3. The van der Waals surface area contributed by atoms with Crippen molar-refractivity contribution < 1.29 is 13.2 Å². The van der Waals surface area contributed by atoms with Crippen molar-refractivity contribution in [3.63, 3.8) is 0 Å². The van der Waals surface area contributed by atoms with Crippen molar-refractivity contribution in [1.29, 1.82) is 0 Å². The van der Waals surface area contributed by atoms with Gasteiger partial charge in [0.2, 0.25) is 15.9 Å². The molecule has 0 aliphatic heterocycles. The van der Waals surface area contributed by atoms with E-state index in [2.05, 4.69) is 5.32 Å². The molecule has 0 saturated heterocycles. The highest BCUT2D eigenvalue weighted by atomic mass is 35.5. The van der Waals surface area contributed by atoms with Gasteiger partial charge < -0.3 is 11.1 Å². The van der Waals surface area contributed by atoms with E-state index in [1.807, 2.05) is 6.92 Å². The van der Waals surface area contributed by atoms with Gasteiger partial charge in [-0.25, -0.2) is 13.6 Å². The van der Waals surface area contributed by atoms with Crippen molar-refractivity contribution >= 4 is 34.0 Å². The molecule has 0 heterocycles. The van der Waals surface area contributed by atoms with Crippen molar-refractivity contribution in [1.82, 2.24) is 0 Å². The van der Waals surface area contributed by atoms with Crippen LogP contribution in [0.3, 0.4) is 0 Å². The molecule has 0 bridgehead atoms. The van der Waals surface area contributed by atoms with E-state index in [0.29, 0.717) is 24.1 Å². The lowest BCUT2D eigenvalue weighted by molar-refractivity contribution is -0.120. The van der Waals surface area contributed by atoms with E-state index >= 15 is 0 Å². The number of amides is 1. The first-order valence-electron chi connectivity index (χ1n) is 7.53. The SMILES string of the molecule is CCc1ccc(NC(=O)C2CCCC(N)C2)cc1S(N)(=O)=O.Cl. The van der Waals surface area contributed by atoms with Crippen molar-refractivity contribution in [3.05, 3.63) is 23.8 Å². The number of rotatable bonds is 4. The summed E-state index contributed by atoms with van der Waals surface area (Å²) in [6.07, 6.45) is 3.92. The maximum atomic E-state index is 12.3. The average Bonchev–Trinajstić information content (AvgIpc) is 2.46. The van der Waals surface area contributed by atoms with E-state index in [9.17, 15) is 13.2 Å². The highest BCUT2D eigenvalue weighted by Crippen LogP contribution is 2.26. The molecule has 1 saturated carbocycles. The second kappa shape index (κ2) is 8.10. The minimum absolute atomic E-state index is 0. The molecule has 1 fully saturated rings. The van der Waals surface area contributed by atoms with E-state index < -0.39 is 10.0 Å². The lowest BCUT2D eigenvalue weighted by Gasteiger charge is -2.25. The van der Waals surface area contributed by atoms with Crippen LogP contribution in [0.4, 0.5) is 5.69 Å². The first kappa shape index (κ1) is 19.9. The van der Waals surface area contributed by atoms with Crippen LogP contribution < -0.4 is 16.2 Å². The van der Waals surface area contributed by atoms with Crippen LogP contribution in [0.15, 0.2) is 23.1 Å². The topological polar surface area (TPSA) is 115 Å². The zero-order chi connectivity index (χ0) is 16.3. The van der Waals surface area contributed by atoms with E-state index in [1.54, 1.807) is 12.1 Å². The van der Waals surface area contributed by atoms with Gasteiger partial charge in [0.05, 0.1) is 4.90 Å². The Bertz CT molecular complexity index is 664. The second-order valence-electron chi connectivity index (χ2n) is 5.83. The predicted molar refractivity (Wildman–Crippen MR) is 93.0 cm³/mol. The van der Waals surface area contributed by atoms with Crippen molar-refractivity contribution in [2.75, 3.05) is 5.32 Å². The highest BCUT2D eigenvalue weighted by molar-refractivity contribution is 7.89. The number of halogens is 1. The molecule has 130 valence electrons. The van der Waals surface area contributed by atoms with Gasteiger partial charge in [-0.1, -0.05) is 19.4 Å². The summed E-state index contributed by atoms with van der Waals surface area (Å²) in [7, 11) is -3.81. The number of nitrogens with two attached hydrogens (primary N) is 2. The molecule has 6 nitrogen and oxygen atoms in total. The first-order valence-corrected chi connectivity index (χ1v) is 9.08. The Labute approximate surface area is 143 Å². The number of carbonyl (C=O) groups is 1. The molecule has 1 aliphatic carbocycles. The number of nitrogens with one attached hydrogen (secondary N) is 1. The molecule has 0 radical (unpaired) electrons. The number of primary sulfonamides is 1. The number of sulfonamides is 1. The zero-order valence-corrected chi connectivity index (χ0v) is 14.8. The molecule has 1 aliphatic rings. The molecular weight excluding hydrogens is 338 g/mol. The van der Waals surface area contributed by atoms with Gasteiger partial charge in [0.1, 0.15) is 0 Å². The number of aryl methyl sites for hydroxylation is 1. The molecule has 1 aromatic rings. The van der Waals surface area contributed by atoms with Crippen LogP contribution in [0.25, 0.3) is 0 Å². The van der Waals surface area contributed by atoms with Gasteiger partial charge in [0.25, 0.3) is 0 Å². The molecule has 2 atom stereocenters. The lowest BCUT2D eigenvalue weighted by Crippen LogP contribution is -2.34. The maximum Gasteiger partial charge on any atom is 0.238 e. The predicted octanol–water partition coefficient (Wildman–Crippen LogP) is 1.77. The molecule has 23 heavy (non-hydrogen) atoms. The summed E-state index contributed by atoms with van der Waals surface area (Å²) in [5.41, 5.74) is 6.99. The minimum Gasteiger partial charge on any atom is -0.328 e. The van der Waals surface area contributed by atoms with Crippen molar-refractivity contribution in [3.8, 4) is 0 Å². The zero-order valence-electron chi connectivity index (χ0n) is 13.1. The van der Waals surface area contributed by atoms with Crippen LogP contribution in [0.2, 0.25) is 0 Å². The molecule has 2 rings (SSSR count).